The molecule has 132 valence electrons. The Morgan fingerprint density at radius 1 is 1.04 bits per heavy atom. The Morgan fingerprint density at radius 3 is 2.54 bits per heavy atom. The number of thiazole rings is 1. The van der Waals surface area contributed by atoms with E-state index >= 15 is 0 Å². The number of hydrogen-bond donors (Lipinski definition) is 2. The van der Waals surface area contributed by atoms with E-state index in [9.17, 15) is 9.59 Å². The fraction of sp³-hybridized carbons (Fsp3) is 0.105. The first-order valence-corrected chi connectivity index (χ1v) is 9.12. The molecule has 0 spiro atoms. The van der Waals surface area contributed by atoms with Crippen molar-refractivity contribution < 1.29 is 9.59 Å². The third-order valence-corrected chi connectivity index (χ3v) is 4.85. The molecule has 0 fully saturated rings. The van der Waals surface area contributed by atoms with Crippen LogP contribution in [0.1, 0.15) is 20.8 Å². The average Bonchev–Trinajstić information content (AvgIpc) is 3.09. The number of nitrogens with zero attached hydrogens (tertiary/aromatic N) is 1. The summed E-state index contributed by atoms with van der Waals surface area (Å²) in [6.07, 6.45) is 2.37. The molecule has 0 saturated heterocycles. The third-order valence-electron chi connectivity index (χ3n) is 3.57. The van der Waals surface area contributed by atoms with Crippen molar-refractivity contribution in [3.8, 4) is 0 Å². The van der Waals surface area contributed by atoms with Crippen LogP contribution >= 0.6 is 22.9 Å². The third kappa shape index (κ3) is 4.91. The quantitative estimate of drug-likeness (QED) is 0.678. The second-order valence-corrected chi connectivity index (χ2v) is 7.02. The van der Waals surface area contributed by atoms with E-state index in [1.807, 2.05) is 30.3 Å². The van der Waals surface area contributed by atoms with Gasteiger partial charge in [0.2, 0.25) is 5.91 Å². The van der Waals surface area contributed by atoms with Crippen LogP contribution in [0.4, 0.5) is 5.13 Å². The van der Waals surface area contributed by atoms with Crippen molar-refractivity contribution in [2.75, 3.05) is 11.9 Å². The van der Waals surface area contributed by atoms with Gasteiger partial charge in [-0.3, -0.25) is 9.59 Å². The number of anilines is 1. The molecule has 0 radical (unpaired) electrons. The minimum absolute atomic E-state index is 0.118. The molecule has 2 amide bonds. The van der Waals surface area contributed by atoms with Gasteiger partial charge in [0.05, 0.1) is 6.54 Å². The van der Waals surface area contributed by atoms with Crippen molar-refractivity contribution in [2.24, 2.45) is 0 Å². The van der Waals surface area contributed by atoms with E-state index in [-0.39, 0.29) is 18.4 Å². The number of carbonyl (C=O) groups excluding carboxylic acids is 2. The number of aromatic nitrogens is 1. The molecule has 0 atom stereocenters. The summed E-state index contributed by atoms with van der Waals surface area (Å²) in [7, 11) is 0. The number of benzene rings is 2. The Balaban J connectivity index is 1.51. The molecular weight excluding hydrogens is 370 g/mol. The molecule has 1 heterocycles. The SMILES string of the molecule is O=C(CNC(=O)c1ccccc1)Nc1ncc(Cc2ccccc2Cl)s1. The minimum atomic E-state index is -0.326. The van der Waals surface area contributed by atoms with Crippen LogP contribution in [0.25, 0.3) is 0 Å². The molecule has 3 rings (SSSR count). The van der Waals surface area contributed by atoms with E-state index in [2.05, 4.69) is 15.6 Å². The van der Waals surface area contributed by atoms with Gasteiger partial charge in [0.1, 0.15) is 0 Å². The highest BCUT2D eigenvalue weighted by Crippen LogP contribution is 2.24. The number of rotatable bonds is 6. The van der Waals surface area contributed by atoms with Gasteiger partial charge in [-0.2, -0.15) is 0 Å². The number of amides is 2. The van der Waals surface area contributed by atoms with Gasteiger partial charge in [-0.1, -0.05) is 48.0 Å². The zero-order chi connectivity index (χ0) is 18.4. The maximum absolute atomic E-state index is 12.0. The molecule has 2 N–H and O–H groups in total. The van der Waals surface area contributed by atoms with Gasteiger partial charge in [0.25, 0.3) is 5.91 Å². The lowest BCUT2D eigenvalue weighted by atomic mass is 10.1. The summed E-state index contributed by atoms with van der Waals surface area (Å²) in [5.74, 6) is -0.618. The first-order valence-electron chi connectivity index (χ1n) is 7.93. The Kier molecular flexibility index (Phi) is 5.99. The van der Waals surface area contributed by atoms with E-state index in [0.29, 0.717) is 22.1 Å². The Labute approximate surface area is 160 Å². The Bertz CT molecular complexity index is 912. The van der Waals surface area contributed by atoms with Crippen molar-refractivity contribution in [1.82, 2.24) is 10.3 Å². The summed E-state index contributed by atoms with van der Waals surface area (Å²) in [5, 5.41) is 6.47. The van der Waals surface area contributed by atoms with Crippen LogP contribution in [0.15, 0.2) is 60.8 Å². The van der Waals surface area contributed by atoms with Crippen LogP contribution in [0, 0.1) is 0 Å². The average molecular weight is 386 g/mol. The van der Waals surface area contributed by atoms with Crippen LogP contribution in [-0.2, 0) is 11.2 Å². The Morgan fingerprint density at radius 2 is 1.77 bits per heavy atom. The fourth-order valence-electron chi connectivity index (χ4n) is 2.29. The van der Waals surface area contributed by atoms with Crippen LogP contribution in [-0.4, -0.2) is 23.3 Å². The highest BCUT2D eigenvalue weighted by atomic mass is 35.5. The van der Waals surface area contributed by atoms with E-state index in [0.717, 1.165) is 10.4 Å². The minimum Gasteiger partial charge on any atom is -0.343 e. The smallest absolute Gasteiger partial charge is 0.251 e. The molecule has 7 heteroatoms. The molecule has 2 aromatic carbocycles. The molecule has 0 saturated carbocycles. The van der Waals surface area contributed by atoms with Gasteiger partial charge in [-0.05, 0) is 23.8 Å². The molecule has 0 aliphatic rings. The predicted octanol–water partition coefficient (Wildman–Crippen LogP) is 3.76. The second kappa shape index (κ2) is 8.60. The number of nitrogens with one attached hydrogen (secondary N) is 2. The fourth-order valence-corrected chi connectivity index (χ4v) is 3.35. The lowest BCUT2D eigenvalue weighted by Gasteiger charge is -2.05. The molecule has 5 nitrogen and oxygen atoms in total. The summed E-state index contributed by atoms with van der Waals surface area (Å²) in [5.41, 5.74) is 1.52. The summed E-state index contributed by atoms with van der Waals surface area (Å²) in [4.78, 5) is 29.1. The summed E-state index contributed by atoms with van der Waals surface area (Å²) in [6, 6.07) is 16.4. The van der Waals surface area contributed by atoms with E-state index in [1.54, 1.807) is 30.5 Å². The normalized spacial score (nSPS) is 10.3. The molecule has 26 heavy (non-hydrogen) atoms. The molecule has 0 unspecified atom stereocenters. The van der Waals surface area contributed by atoms with Crippen LogP contribution in [0.3, 0.4) is 0 Å². The summed E-state index contributed by atoms with van der Waals surface area (Å²) in [6.45, 7) is -0.118. The van der Waals surface area contributed by atoms with Gasteiger partial charge in [0, 0.05) is 28.1 Å². The Hall–Kier alpha value is -2.70. The zero-order valence-electron chi connectivity index (χ0n) is 13.7. The first kappa shape index (κ1) is 18.1. The summed E-state index contributed by atoms with van der Waals surface area (Å²) >= 11 is 7.54. The highest BCUT2D eigenvalue weighted by Gasteiger charge is 2.10. The van der Waals surface area contributed by atoms with Gasteiger partial charge in [-0.25, -0.2) is 4.98 Å². The van der Waals surface area contributed by atoms with Crippen molar-refractivity contribution >= 4 is 39.9 Å². The van der Waals surface area contributed by atoms with Crippen LogP contribution in [0.2, 0.25) is 5.02 Å². The molecule has 0 bridgehead atoms. The van der Waals surface area contributed by atoms with Crippen LogP contribution in [0.5, 0.6) is 0 Å². The zero-order valence-corrected chi connectivity index (χ0v) is 15.3. The molecule has 0 aliphatic carbocycles. The molecule has 0 aliphatic heterocycles. The largest absolute Gasteiger partial charge is 0.343 e. The van der Waals surface area contributed by atoms with Gasteiger partial charge in [-0.15, -0.1) is 11.3 Å². The monoisotopic (exact) mass is 385 g/mol. The van der Waals surface area contributed by atoms with Crippen molar-refractivity contribution in [3.05, 3.63) is 81.8 Å². The highest BCUT2D eigenvalue weighted by molar-refractivity contribution is 7.15. The summed E-state index contributed by atoms with van der Waals surface area (Å²) < 4.78 is 0. The van der Waals surface area contributed by atoms with Crippen LogP contribution < -0.4 is 10.6 Å². The lowest BCUT2D eigenvalue weighted by molar-refractivity contribution is -0.115. The first-order chi connectivity index (χ1) is 12.6. The van der Waals surface area contributed by atoms with E-state index < -0.39 is 0 Å². The van der Waals surface area contributed by atoms with Crippen molar-refractivity contribution in [1.29, 1.82) is 0 Å². The number of hydrogen-bond acceptors (Lipinski definition) is 4. The van der Waals surface area contributed by atoms with E-state index in [4.69, 9.17) is 11.6 Å². The number of carbonyl (C=O) groups is 2. The maximum atomic E-state index is 12.0. The van der Waals surface area contributed by atoms with Gasteiger partial charge >= 0.3 is 0 Å². The molecule has 1 aromatic heterocycles. The van der Waals surface area contributed by atoms with Gasteiger partial charge in [0.15, 0.2) is 5.13 Å². The van der Waals surface area contributed by atoms with E-state index in [1.165, 1.54) is 11.3 Å². The lowest BCUT2D eigenvalue weighted by Crippen LogP contribution is -2.32. The van der Waals surface area contributed by atoms with Crippen molar-refractivity contribution in [3.63, 3.8) is 0 Å². The van der Waals surface area contributed by atoms with Gasteiger partial charge < -0.3 is 10.6 Å². The molecular formula is C19H16ClN3O2S. The topological polar surface area (TPSA) is 71.1 Å². The molecule has 3 aromatic rings. The predicted molar refractivity (Wildman–Crippen MR) is 104 cm³/mol. The maximum Gasteiger partial charge on any atom is 0.251 e. The number of halogens is 1. The standard InChI is InChI=1S/C19H16ClN3O2S/c20-16-9-5-4-8-14(16)10-15-11-22-19(26-15)23-17(24)12-21-18(25)13-6-2-1-3-7-13/h1-9,11H,10,12H2,(H,21,25)(H,22,23,24). The van der Waals surface area contributed by atoms with Crippen molar-refractivity contribution in [2.45, 2.75) is 6.42 Å². The second-order valence-electron chi connectivity index (χ2n) is 5.50.